The lowest BCUT2D eigenvalue weighted by atomic mass is 10.1. The maximum Gasteiger partial charge on any atom is 0.221 e. The van der Waals surface area contributed by atoms with Crippen LogP contribution in [0, 0.1) is 5.92 Å². The number of carbonyl (C=O) groups is 1. The van der Waals surface area contributed by atoms with Crippen LogP contribution in [0.3, 0.4) is 0 Å². The van der Waals surface area contributed by atoms with Crippen molar-refractivity contribution in [1.29, 1.82) is 0 Å². The van der Waals surface area contributed by atoms with Crippen molar-refractivity contribution < 1.29 is 4.79 Å². The third-order valence-electron chi connectivity index (χ3n) is 2.88. The van der Waals surface area contributed by atoms with Crippen molar-refractivity contribution in [1.82, 2.24) is 10.2 Å². The van der Waals surface area contributed by atoms with Gasteiger partial charge in [-0.15, -0.1) is 0 Å². The summed E-state index contributed by atoms with van der Waals surface area (Å²) in [5.41, 5.74) is 5.28. The van der Waals surface area contributed by atoms with Gasteiger partial charge in [0.05, 0.1) is 5.92 Å². The molecule has 0 aromatic carbocycles. The van der Waals surface area contributed by atoms with Crippen LogP contribution in [0.1, 0.15) is 26.7 Å². The fraction of sp³-hybridized carbons (Fsp3) is 0.909. The summed E-state index contributed by atoms with van der Waals surface area (Å²) in [5.74, 6) is -0.0548. The van der Waals surface area contributed by atoms with E-state index >= 15 is 0 Å². The predicted molar refractivity (Wildman–Crippen MR) is 61.5 cm³/mol. The van der Waals surface area contributed by atoms with Gasteiger partial charge in [-0.05, 0) is 32.5 Å². The molecule has 88 valence electrons. The van der Waals surface area contributed by atoms with Crippen LogP contribution in [-0.4, -0.2) is 43.0 Å². The fourth-order valence-electron chi connectivity index (χ4n) is 1.96. The Labute approximate surface area is 92.2 Å². The Morgan fingerprint density at radius 1 is 1.60 bits per heavy atom. The first-order valence-electron chi connectivity index (χ1n) is 5.84. The molecular formula is C11H23N3O. The molecule has 1 unspecified atom stereocenters. The monoisotopic (exact) mass is 213 g/mol. The first-order valence-corrected chi connectivity index (χ1v) is 5.84. The van der Waals surface area contributed by atoms with E-state index in [4.69, 9.17) is 5.73 Å². The number of amides is 1. The molecule has 1 amide bonds. The zero-order chi connectivity index (χ0) is 11.3. The molecule has 15 heavy (non-hydrogen) atoms. The molecule has 1 aliphatic rings. The van der Waals surface area contributed by atoms with E-state index in [-0.39, 0.29) is 11.8 Å². The molecule has 0 spiro atoms. The minimum atomic E-state index is -0.141. The predicted octanol–water partition coefficient (Wildman–Crippen LogP) is 0.182. The van der Waals surface area contributed by atoms with E-state index in [1.165, 1.54) is 0 Å². The Hall–Kier alpha value is -0.610. The number of rotatable bonds is 6. The first-order chi connectivity index (χ1) is 7.09. The lowest BCUT2D eigenvalue weighted by molar-refractivity contribution is -0.121. The molecule has 1 aliphatic heterocycles. The van der Waals surface area contributed by atoms with Gasteiger partial charge in [0.25, 0.3) is 0 Å². The van der Waals surface area contributed by atoms with E-state index in [2.05, 4.69) is 24.1 Å². The Balaban J connectivity index is 2.06. The highest BCUT2D eigenvalue weighted by molar-refractivity contribution is 5.77. The largest absolute Gasteiger partial charge is 0.369 e. The Morgan fingerprint density at radius 3 is 2.87 bits per heavy atom. The maximum absolute atomic E-state index is 10.9. The van der Waals surface area contributed by atoms with E-state index in [0.717, 1.165) is 39.0 Å². The summed E-state index contributed by atoms with van der Waals surface area (Å²) in [7, 11) is 0. The van der Waals surface area contributed by atoms with Gasteiger partial charge < -0.3 is 16.0 Å². The summed E-state index contributed by atoms with van der Waals surface area (Å²) in [6.07, 6.45) is 2.08. The lowest BCUT2D eigenvalue weighted by Gasteiger charge is -2.15. The Morgan fingerprint density at radius 2 is 2.33 bits per heavy atom. The van der Waals surface area contributed by atoms with Gasteiger partial charge in [-0.1, -0.05) is 13.8 Å². The van der Waals surface area contributed by atoms with E-state index in [1.807, 2.05) is 0 Å². The summed E-state index contributed by atoms with van der Waals surface area (Å²) in [6.45, 7) is 8.31. The first kappa shape index (κ1) is 12.5. The van der Waals surface area contributed by atoms with Gasteiger partial charge in [0.2, 0.25) is 5.91 Å². The van der Waals surface area contributed by atoms with Crippen molar-refractivity contribution in [3.8, 4) is 0 Å². The molecule has 1 rings (SSSR count). The summed E-state index contributed by atoms with van der Waals surface area (Å²) >= 11 is 0. The summed E-state index contributed by atoms with van der Waals surface area (Å²) < 4.78 is 0. The molecule has 1 atom stereocenters. The van der Waals surface area contributed by atoms with Crippen molar-refractivity contribution >= 4 is 5.91 Å². The van der Waals surface area contributed by atoms with Crippen LogP contribution in [-0.2, 0) is 4.79 Å². The molecule has 0 bridgehead atoms. The van der Waals surface area contributed by atoms with Crippen LogP contribution in [0.25, 0.3) is 0 Å². The number of primary amides is 1. The topological polar surface area (TPSA) is 58.4 Å². The highest BCUT2D eigenvalue weighted by atomic mass is 16.1. The van der Waals surface area contributed by atoms with Crippen molar-refractivity contribution in [2.24, 2.45) is 11.7 Å². The zero-order valence-electron chi connectivity index (χ0n) is 9.83. The number of nitrogens with one attached hydrogen (secondary N) is 1. The van der Waals surface area contributed by atoms with Gasteiger partial charge in [-0.25, -0.2) is 0 Å². The van der Waals surface area contributed by atoms with E-state index in [9.17, 15) is 4.79 Å². The van der Waals surface area contributed by atoms with Crippen molar-refractivity contribution in [2.45, 2.75) is 32.7 Å². The smallest absolute Gasteiger partial charge is 0.221 e. The lowest BCUT2D eigenvalue weighted by Crippen LogP contribution is -2.30. The number of hydrogen-bond donors (Lipinski definition) is 2. The van der Waals surface area contributed by atoms with Crippen LogP contribution in [0.5, 0.6) is 0 Å². The fourth-order valence-corrected chi connectivity index (χ4v) is 1.96. The van der Waals surface area contributed by atoms with Crippen molar-refractivity contribution in [3.05, 3.63) is 0 Å². The number of likely N-dealkylation sites (tertiary alicyclic amines) is 1. The van der Waals surface area contributed by atoms with Gasteiger partial charge in [0.1, 0.15) is 0 Å². The molecule has 0 aromatic heterocycles. The second-order valence-corrected chi connectivity index (χ2v) is 4.65. The third kappa shape index (κ3) is 4.62. The second-order valence-electron chi connectivity index (χ2n) is 4.65. The molecule has 0 saturated carbocycles. The minimum absolute atomic E-state index is 0.0862. The Kier molecular flexibility index (Phi) is 5.05. The van der Waals surface area contributed by atoms with Crippen LogP contribution >= 0.6 is 0 Å². The van der Waals surface area contributed by atoms with Crippen LogP contribution in [0.4, 0.5) is 0 Å². The Bertz CT molecular complexity index is 206. The van der Waals surface area contributed by atoms with Gasteiger partial charge in [-0.3, -0.25) is 4.79 Å². The molecular weight excluding hydrogens is 190 g/mol. The van der Waals surface area contributed by atoms with Crippen molar-refractivity contribution in [2.75, 3.05) is 26.2 Å². The summed E-state index contributed by atoms with van der Waals surface area (Å²) in [5, 5.41) is 3.39. The van der Waals surface area contributed by atoms with Crippen LogP contribution in [0.15, 0.2) is 0 Å². The average molecular weight is 213 g/mol. The quantitative estimate of drug-likeness (QED) is 0.619. The standard InChI is InChI=1S/C11H23N3O/c1-9(2)13-5-3-6-14-7-4-10(8-14)11(12)15/h9-10,13H,3-8H2,1-2H3,(H2,12,15). The molecule has 0 radical (unpaired) electrons. The number of carbonyl (C=O) groups excluding carboxylic acids is 1. The molecule has 0 aromatic rings. The molecule has 1 heterocycles. The van der Waals surface area contributed by atoms with Crippen LogP contribution in [0.2, 0.25) is 0 Å². The van der Waals surface area contributed by atoms with E-state index in [0.29, 0.717) is 6.04 Å². The van der Waals surface area contributed by atoms with E-state index < -0.39 is 0 Å². The van der Waals surface area contributed by atoms with Gasteiger partial charge in [0.15, 0.2) is 0 Å². The molecule has 1 saturated heterocycles. The van der Waals surface area contributed by atoms with Gasteiger partial charge in [0, 0.05) is 12.6 Å². The number of nitrogens with two attached hydrogens (primary N) is 1. The van der Waals surface area contributed by atoms with Crippen LogP contribution < -0.4 is 11.1 Å². The minimum Gasteiger partial charge on any atom is -0.369 e. The third-order valence-corrected chi connectivity index (χ3v) is 2.88. The zero-order valence-corrected chi connectivity index (χ0v) is 9.83. The maximum atomic E-state index is 10.9. The number of nitrogens with zero attached hydrogens (tertiary/aromatic N) is 1. The van der Waals surface area contributed by atoms with Crippen molar-refractivity contribution in [3.63, 3.8) is 0 Å². The SMILES string of the molecule is CC(C)NCCCN1CCC(C(N)=O)C1. The molecule has 3 N–H and O–H groups in total. The average Bonchev–Trinajstić information content (AvgIpc) is 2.60. The number of hydrogen-bond acceptors (Lipinski definition) is 3. The second kappa shape index (κ2) is 6.08. The molecule has 0 aliphatic carbocycles. The summed E-state index contributed by atoms with van der Waals surface area (Å²) in [6, 6.07) is 0.557. The highest BCUT2D eigenvalue weighted by Gasteiger charge is 2.25. The normalized spacial score (nSPS) is 22.5. The highest BCUT2D eigenvalue weighted by Crippen LogP contribution is 2.15. The molecule has 1 fully saturated rings. The van der Waals surface area contributed by atoms with E-state index in [1.54, 1.807) is 0 Å². The summed E-state index contributed by atoms with van der Waals surface area (Å²) in [4.78, 5) is 13.3. The van der Waals surface area contributed by atoms with Gasteiger partial charge >= 0.3 is 0 Å². The van der Waals surface area contributed by atoms with Gasteiger partial charge in [-0.2, -0.15) is 0 Å². The molecule has 4 heteroatoms. The molecule has 4 nitrogen and oxygen atoms in total.